The van der Waals surface area contributed by atoms with E-state index in [1.54, 1.807) is 36.5 Å². The van der Waals surface area contributed by atoms with Crippen molar-refractivity contribution in [3.8, 4) is 23.1 Å². The molecule has 3 aromatic rings. The smallest absolute Gasteiger partial charge is 0.264 e. The maximum absolute atomic E-state index is 12.7. The minimum atomic E-state index is -4.07. The number of aromatic nitrogens is 1. The van der Waals surface area contributed by atoms with E-state index in [1.807, 2.05) is 24.3 Å². The molecule has 0 saturated carbocycles. The summed E-state index contributed by atoms with van der Waals surface area (Å²) in [4.78, 5) is 18.5. The third kappa shape index (κ3) is 8.08. The Morgan fingerprint density at radius 1 is 1.11 bits per heavy atom. The number of methoxy groups -OCH3 is 1. The molecular weight excluding hydrogens is 587 g/mol. The molecule has 3 rings (SSSR count). The molecular formula is C24H25IN2O7S. The van der Waals surface area contributed by atoms with Crippen LogP contribution in [0.2, 0.25) is 0 Å². The van der Waals surface area contributed by atoms with Crippen molar-refractivity contribution < 1.29 is 32.0 Å². The Bertz CT molecular complexity index is 1270. The van der Waals surface area contributed by atoms with Crippen molar-refractivity contribution >= 4 is 44.3 Å². The van der Waals surface area contributed by atoms with E-state index >= 15 is 0 Å². The molecule has 186 valence electrons. The lowest BCUT2D eigenvalue weighted by atomic mass is 10.1. The van der Waals surface area contributed by atoms with E-state index in [0.29, 0.717) is 28.5 Å². The molecule has 1 heterocycles. The number of ether oxygens (including phenoxy) is 3. The van der Waals surface area contributed by atoms with Crippen molar-refractivity contribution in [3.05, 3.63) is 69.9 Å². The maximum atomic E-state index is 12.7. The molecule has 0 radical (unpaired) electrons. The first kappa shape index (κ1) is 26.7. The number of hydrogen-bond acceptors (Lipinski definition) is 7. The van der Waals surface area contributed by atoms with Crippen molar-refractivity contribution in [1.29, 1.82) is 0 Å². The number of rotatable bonds is 11. The minimum Gasteiger partial charge on any atom is -0.497 e. The predicted molar refractivity (Wildman–Crippen MR) is 140 cm³/mol. The monoisotopic (exact) mass is 612 g/mol. The van der Waals surface area contributed by atoms with E-state index < -0.39 is 15.9 Å². The van der Waals surface area contributed by atoms with Gasteiger partial charge in [0.15, 0.2) is 0 Å². The Morgan fingerprint density at radius 3 is 2.49 bits per heavy atom. The number of pyridine rings is 1. The summed E-state index contributed by atoms with van der Waals surface area (Å²) in [6.07, 6.45) is 1.69. The number of carbonyl (C=O) groups is 1. The van der Waals surface area contributed by atoms with E-state index in [0.717, 1.165) is 3.57 Å². The highest BCUT2D eigenvalue weighted by atomic mass is 127. The molecule has 0 spiro atoms. The summed E-state index contributed by atoms with van der Waals surface area (Å²) in [6, 6.07) is 16.0. The first-order chi connectivity index (χ1) is 16.7. The van der Waals surface area contributed by atoms with E-state index in [-0.39, 0.29) is 31.4 Å². The Labute approximate surface area is 217 Å². The summed E-state index contributed by atoms with van der Waals surface area (Å²) in [5.41, 5.74) is 1.11. The number of benzene rings is 2. The van der Waals surface area contributed by atoms with Crippen LogP contribution in [0, 0.1) is 3.57 Å². The van der Waals surface area contributed by atoms with E-state index in [2.05, 4.69) is 27.6 Å². The standard InChI is InChI=1S/C24H25IN2O7S/c1-17(28)27(22-5-3-12-26-24(22)34-20-8-6-19(25)7-9-20)16-18-15-21(32-2)10-11-23(18)33-13-4-14-35(29,30)31/h3,5-12,15H,4,13-14,16H2,1-2H3,(H,29,30,31). The first-order valence-corrected chi connectivity index (χ1v) is 13.3. The molecule has 35 heavy (non-hydrogen) atoms. The summed E-state index contributed by atoms with van der Waals surface area (Å²) in [6.45, 7) is 1.62. The SMILES string of the molecule is COc1ccc(OCCCS(=O)(=O)O)c(CN(C(C)=O)c2cccnc2Oc2ccc(I)cc2)c1. The zero-order chi connectivity index (χ0) is 25.4. The van der Waals surface area contributed by atoms with Crippen LogP contribution in [0.1, 0.15) is 18.9 Å². The second-order valence-corrected chi connectivity index (χ2v) is 10.3. The largest absolute Gasteiger partial charge is 0.497 e. The van der Waals surface area contributed by atoms with Crippen LogP contribution in [0.4, 0.5) is 5.69 Å². The third-order valence-electron chi connectivity index (χ3n) is 4.85. The van der Waals surface area contributed by atoms with Crippen molar-refractivity contribution in [3.63, 3.8) is 0 Å². The zero-order valence-corrected chi connectivity index (χ0v) is 22.2. The third-order valence-corrected chi connectivity index (χ3v) is 6.37. The van der Waals surface area contributed by atoms with Crippen molar-refractivity contribution in [1.82, 2.24) is 4.98 Å². The lowest BCUT2D eigenvalue weighted by molar-refractivity contribution is -0.116. The molecule has 1 aromatic heterocycles. The van der Waals surface area contributed by atoms with Gasteiger partial charge in [0.05, 0.1) is 26.0 Å². The van der Waals surface area contributed by atoms with Crippen LogP contribution >= 0.6 is 22.6 Å². The lowest BCUT2D eigenvalue weighted by Crippen LogP contribution is -2.28. The summed E-state index contributed by atoms with van der Waals surface area (Å²) in [5, 5.41) is 0. The molecule has 0 fully saturated rings. The number of nitrogens with zero attached hydrogens (tertiary/aromatic N) is 2. The molecule has 0 aliphatic carbocycles. The quantitative estimate of drug-likeness (QED) is 0.188. The molecule has 1 amide bonds. The molecule has 0 unspecified atom stereocenters. The van der Waals surface area contributed by atoms with Crippen LogP contribution in [-0.2, 0) is 21.5 Å². The van der Waals surface area contributed by atoms with Gasteiger partial charge >= 0.3 is 0 Å². The van der Waals surface area contributed by atoms with Gasteiger partial charge in [-0.1, -0.05) is 0 Å². The van der Waals surface area contributed by atoms with Crippen LogP contribution in [-0.4, -0.2) is 43.3 Å². The Kier molecular flexibility index (Phi) is 9.29. The van der Waals surface area contributed by atoms with Gasteiger partial charge in [0.1, 0.15) is 22.9 Å². The Balaban J connectivity index is 1.88. The molecule has 9 nitrogen and oxygen atoms in total. The van der Waals surface area contributed by atoms with Gasteiger partial charge in [0.25, 0.3) is 10.1 Å². The van der Waals surface area contributed by atoms with Crippen molar-refractivity contribution in [2.24, 2.45) is 0 Å². The predicted octanol–water partition coefficient (Wildman–Crippen LogP) is 4.70. The van der Waals surface area contributed by atoms with E-state index in [4.69, 9.17) is 18.8 Å². The maximum Gasteiger partial charge on any atom is 0.264 e. The number of halogens is 1. The summed E-state index contributed by atoms with van der Waals surface area (Å²) >= 11 is 2.20. The Morgan fingerprint density at radius 2 is 1.83 bits per heavy atom. The second-order valence-electron chi connectivity index (χ2n) is 7.45. The van der Waals surface area contributed by atoms with Gasteiger partial charge in [-0.05, 0) is 83.6 Å². The van der Waals surface area contributed by atoms with Gasteiger partial charge in [-0.15, -0.1) is 0 Å². The second kappa shape index (κ2) is 12.2. The molecule has 0 aliphatic rings. The van der Waals surface area contributed by atoms with Crippen LogP contribution in [0.3, 0.4) is 0 Å². The summed E-state index contributed by atoms with van der Waals surface area (Å²) < 4.78 is 49.0. The number of amides is 1. The fourth-order valence-electron chi connectivity index (χ4n) is 3.19. The molecule has 0 atom stereocenters. The highest BCUT2D eigenvalue weighted by Gasteiger charge is 2.21. The average molecular weight is 612 g/mol. The molecule has 1 N–H and O–H groups in total. The van der Waals surface area contributed by atoms with Gasteiger partial charge in [-0.2, -0.15) is 8.42 Å². The molecule has 0 aliphatic heterocycles. The number of carbonyl (C=O) groups excluding carboxylic acids is 1. The van der Waals surface area contributed by atoms with Gasteiger partial charge in [0, 0.05) is 22.3 Å². The van der Waals surface area contributed by atoms with Crippen LogP contribution < -0.4 is 19.1 Å². The Hall–Kier alpha value is -2.90. The van der Waals surface area contributed by atoms with Crippen LogP contribution in [0.15, 0.2) is 60.8 Å². The van der Waals surface area contributed by atoms with Crippen LogP contribution in [0.5, 0.6) is 23.1 Å². The van der Waals surface area contributed by atoms with E-state index in [9.17, 15) is 13.2 Å². The fraction of sp³-hybridized carbons (Fsp3) is 0.250. The molecule has 11 heteroatoms. The summed E-state index contributed by atoms with van der Waals surface area (Å²) in [7, 11) is -2.54. The molecule has 0 saturated heterocycles. The number of hydrogen-bond donors (Lipinski definition) is 1. The fourth-order valence-corrected chi connectivity index (χ4v) is 4.03. The highest BCUT2D eigenvalue weighted by molar-refractivity contribution is 14.1. The lowest BCUT2D eigenvalue weighted by Gasteiger charge is -2.24. The topological polar surface area (TPSA) is 115 Å². The number of anilines is 1. The van der Waals surface area contributed by atoms with Crippen LogP contribution in [0.25, 0.3) is 0 Å². The first-order valence-electron chi connectivity index (χ1n) is 10.6. The van der Waals surface area contributed by atoms with Crippen molar-refractivity contribution in [2.75, 3.05) is 24.4 Å². The van der Waals surface area contributed by atoms with Gasteiger partial charge in [-0.25, -0.2) is 4.98 Å². The van der Waals surface area contributed by atoms with Crippen molar-refractivity contribution in [2.45, 2.75) is 19.9 Å². The molecule has 2 aromatic carbocycles. The highest BCUT2D eigenvalue weighted by Crippen LogP contribution is 2.33. The van der Waals surface area contributed by atoms with Gasteiger partial charge in [0.2, 0.25) is 11.8 Å². The summed E-state index contributed by atoms with van der Waals surface area (Å²) in [5.74, 6) is 1.21. The normalized spacial score (nSPS) is 11.1. The van der Waals surface area contributed by atoms with E-state index in [1.165, 1.54) is 18.9 Å². The minimum absolute atomic E-state index is 0.0627. The van der Waals surface area contributed by atoms with Gasteiger partial charge in [-0.3, -0.25) is 9.35 Å². The average Bonchev–Trinajstić information content (AvgIpc) is 2.82. The molecule has 0 bridgehead atoms. The van der Waals surface area contributed by atoms with Gasteiger partial charge < -0.3 is 19.1 Å². The zero-order valence-electron chi connectivity index (χ0n) is 19.2.